The van der Waals surface area contributed by atoms with E-state index in [1.54, 1.807) is 11.3 Å². The van der Waals surface area contributed by atoms with Crippen molar-refractivity contribution in [2.24, 2.45) is 0 Å². The van der Waals surface area contributed by atoms with Gasteiger partial charge in [0.25, 0.3) is 0 Å². The largest absolute Gasteiger partial charge is 0.356 e. The molecular weight excluding hydrogens is 286 g/mol. The fourth-order valence-electron chi connectivity index (χ4n) is 2.15. The lowest BCUT2D eigenvalue weighted by molar-refractivity contribution is -0.127. The number of rotatable bonds is 6. The summed E-state index contributed by atoms with van der Waals surface area (Å²) in [5, 5.41) is 5.76. The van der Waals surface area contributed by atoms with E-state index in [9.17, 15) is 9.59 Å². The predicted octanol–water partition coefficient (Wildman–Crippen LogP) is 2.15. The molecule has 1 aliphatic heterocycles. The zero-order chi connectivity index (χ0) is 15.7. The number of thiazole rings is 1. The van der Waals surface area contributed by atoms with Crippen molar-refractivity contribution in [3.8, 4) is 0 Å². The summed E-state index contributed by atoms with van der Waals surface area (Å²) in [5.41, 5.74) is 0.828. The molecule has 1 aliphatic rings. The number of hydrogen-bond acceptors (Lipinski definition) is 4. The zero-order valence-corrected chi connectivity index (χ0v) is 14.0. The highest BCUT2D eigenvalue weighted by Crippen LogP contribution is 2.09. The minimum absolute atomic E-state index is 0.00181. The maximum absolute atomic E-state index is 11.7. The first-order chi connectivity index (χ1) is 10.1. The maximum atomic E-state index is 11.7. The Hall–Kier alpha value is -1.43. The van der Waals surface area contributed by atoms with Crippen LogP contribution in [0.5, 0.6) is 0 Å². The van der Waals surface area contributed by atoms with Gasteiger partial charge in [0.15, 0.2) is 0 Å². The van der Waals surface area contributed by atoms with Crippen LogP contribution in [-0.2, 0) is 16.0 Å². The Morgan fingerprint density at radius 3 is 2.81 bits per heavy atom. The molecule has 0 radical (unpaired) electrons. The molecule has 0 saturated carbocycles. The van der Waals surface area contributed by atoms with Gasteiger partial charge < -0.3 is 10.2 Å². The minimum atomic E-state index is -0.00181. The molecule has 1 N–H and O–H groups in total. The Balaban J connectivity index is 0.00000106. The average molecular weight is 311 g/mol. The van der Waals surface area contributed by atoms with Gasteiger partial charge in [-0.3, -0.25) is 9.59 Å². The van der Waals surface area contributed by atoms with Gasteiger partial charge in [-0.15, -0.1) is 11.3 Å². The summed E-state index contributed by atoms with van der Waals surface area (Å²) in [6.07, 6.45) is 2.80. The van der Waals surface area contributed by atoms with Crippen molar-refractivity contribution >= 4 is 23.2 Å². The monoisotopic (exact) mass is 311 g/mol. The summed E-state index contributed by atoms with van der Waals surface area (Å²) < 4.78 is 0. The van der Waals surface area contributed by atoms with E-state index in [2.05, 4.69) is 10.3 Å². The standard InChI is InChI=1S/C13H19N3O2S.C2H6/c1-10-15-11(9-19-10)8-12(17)14-5-3-7-16-6-2-4-13(16)18;1-2/h9H,2-8H2,1H3,(H,14,17);1-2H3. The van der Waals surface area contributed by atoms with E-state index in [-0.39, 0.29) is 11.8 Å². The Morgan fingerprint density at radius 1 is 1.48 bits per heavy atom. The number of aryl methyl sites for hydroxylation is 1. The van der Waals surface area contributed by atoms with Gasteiger partial charge in [-0.1, -0.05) is 13.8 Å². The molecule has 6 heteroatoms. The number of amides is 2. The number of aromatic nitrogens is 1. The Bertz CT molecular complexity index is 460. The number of carbonyl (C=O) groups excluding carboxylic acids is 2. The number of nitrogens with zero attached hydrogens (tertiary/aromatic N) is 2. The number of hydrogen-bond donors (Lipinski definition) is 1. The van der Waals surface area contributed by atoms with Crippen molar-refractivity contribution in [1.82, 2.24) is 15.2 Å². The first-order valence-electron chi connectivity index (χ1n) is 7.60. The molecule has 1 aromatic heterocycles. The molecule has 5 nitrogen and oxygen atoms in total. The minimum Gasteiger partial charge on any atom is -0.356 e. The van der Waals surface area contributed by atoms with E-state index >= 15 is 0 Å². The van der Waals surface area contributed by atoms with E-state index in [4.69, 9.17) is 0 Å². The fraction of sp³-hybridized carbons (Fsp3) is 0.667. The molecular formula is C15H25N3O2S. The van der Waals surface area contributed by atoms with Crippen molar-refractivity contribution in [3.63, 3.8) is 0 Å². The lowest BCUT2D eigenvalue weighted by Gasteiger charge is -2.15. The van der Waals surface area contributed by atoms with Crippen LogP contribution in [0.3, 0.4) is 0 Å². The third-order valence-electron chi connectivity index (χ3n) is 3.11. The molecule has 0 aliphatic carbocycles. The first-order valence-corrected chi connectivity index (χ1v) is 8.48. The van der Waals surface area contributed by atoms with E-state index < -0.39 is 0 Å². The van der Waals surface area contributed by atoms with Crippen LogP contribution >= 0.6 is 11.3 Å². The van der Waals surface area contributed by atoms with Gasteiger partial charge >= 0.3 is 0 Å². The van der Waals surface area contributed by atoms with Gasteiger partial charge in [0, 0.05) is 31.4 Å². The first kappa shape index (κ1) is 17.6. The van der Waals surface area contributed by atoms with Gasteiger partial charge in [0.2, 0.25) is 11.8 Å². The molecule has 1 saturated heterocycles. The van der Waals surface area contributed by atoms with E-state index in [0.29, 0.717) is 19.4 Å². The molecule has 2 amide bonds. The number of nitrogens with one attached hydrogen (secondary N) is 1. The van der Waals surface area contributed by atoms with Gasteiger partial charge in [-0.05, 0) is 19.8 Å². The topological polar surface area (TPSA) is 62.3 Å². The summed E-state index contributed by atoms with van der Waals surface area (Å²) in [7, 11) is 0. The zero-order valence-electron chi connectivity index (χ0n) is 13.1. The van der Waals surface area contributed by atoms with Crippen molar-refractivity contribution in [2.75, 3.05) is 19.6 Å². The van der Waals surface area contributed by atoms with Gasteiger partial charge in [0.05, 0.1) is 17.1 Å². The molecule has 0 spiro atoms. The maximum Gasteiger partial charge on any atom is 0.226 e. The predicted molar refractivity (Wildman–Crippen MR) is 85.3 cm³/mol. The van der Waals surface area contributed by atoms with Crippen LogP contribution in [0, 0.1) is 6.92 Å². The van der Waals surface area contributed by atoms with Crippen LogP contribution in [0.2, 0.25) is 0 Å². The molecule has 0 aromatic carbocycles. The average Bonchev–Trinajstić information content (AvgIpc) is 3.06. The molecule has 1 aromatic rings. The summed E-state index contributed by atoms with van der Waals surface area (Å²) in [6.45, 7) is 8.16. The molecule has 0 unspecified atom stereocenters. The van der Waals surface area contributed by atoms with Crippen LogP contribution < -0.4 is 5.32 Å². The highest BCUT2D eigenvalue weighted by molar-refractivity contribution is 7.09. The van der Waals surface area contributed by atoms with Crippen LogP contribution in [-0.4, -0.2) is 41.3 Å². The van der Waals surface area contributed by atoms with Crippen LogP contribution in [0.15, 0.2) is 5.38 Å². The number of likely N-dealkylation sites (tertiary alicyclic amines) is 1. The fourth-order valence-corrected chi connectivity index (χ4v) is 2.77. The molecule has 118 valence electrons. The normalized spacial score (nSPS) is 13.9. The lowest BCUT2D eigenvalue weighted by atomic mass is 10.3. The highest BCUT2D eigenvalue weighted by atomic mass is 32.1. The van der Waals surface area contributed by atoms with Crippen molar-refractivity contribution in [3.05, 3.63) is 16.1 Å². The molecule has 0 atom stereocenters. The van der Waals surface area contributed by atoms with Gasteiger partial charge in [-0.25, -0.2) is 4.98 Å². The highest BCUT2D eigenvalue weighted by Gasteiger charge is 2.19. The summed E-state index contributed by atoms with van der Waals surface area (Å²) in [5.74, 6) is 0.238. The quantitative estimate of drug-likeness (QED) is 0.819. The third kappa shape index (κ3) is 6.25. The Morgan fingerprint density at radius 2 is 2.24 bits per heavy atom. The molecule has 2 rings (SSSR count). The van der Waals surface area contributed by atoms with Crippen LogP contribution in [0.4, 0.5) is 0 Å². The molecule has 21 heavy (non-hydrogen) atoms. The van der Waals surface area contributed by atoms with Crippen molar-refractivity contribution in [2.45, 2.75) is 46.5 Å². The van der Waals surface area contributed by atoms with Gasteiger partial charge in [-0.2, -0.15) is 0 Å². The van der Waals surface area contributed by atoms with Gasteiger partial charge in [0.1, 0.15) is 0 Å². The summed E-state index contributed by atoms with van der Waals surface area (Å²) in [4.78, 5) is 29.2. The van der Waals surface area contributed by atoms with Crippen molar-refractivity contribution < 1.29 is 9.59 Å². The third-order valence-corrected chi connectivity index (χ3v) is 3.93. The number of carbonyl (C=O) groups is 2. The second-order valence-electron chi connectivity index (χ2n) is 4.72. The van der Waals surface area contributed by atoms with E-state index in [0.717, 1.165) is 36.6 Å². The second kappa shape index (κ2) is 9.50. The Kier molecular flexibility index (Phi) is 7.97. The molecule has 2 heterocycles. The van der Waals surface area contributed by atoms with Crippen molar-refractivity contribution in [1.29, 1.82) is 0 Å². The van der Waals surface area contributed by atoms with Crippen LogP contribution in [0.1, 0.15) is 43.8 Å². The lowest BCUT2D eigenvalue weighted by Crippen LogP contribution is -2.31. The Labute approximate surface area is 130 Å². The summed E-state index contributed by atoms with van der Waals surface area (Å²) >= 11 is 1.56. The molecule has 0 bridgehead atoms. The van der Waals surface area contributed by atoms with E-state index in [1.807, 2.05) is 31.1 Å². The summed E-state index contributed by atoms with van der Waals surface area (Å²) in [6, 6.07) is 0. The SMILES string of the molecule is CC.Cc1nc(CC(=O)NCCCN2CCCC2=O)cs1. The van der Waals surface area contributed by atoms with E-state index in [1.165, 1.54) is 0 Å². The second-order valence-corrected chi connectivity index (χ2v) is 5.78. The molecule has 1 fully saturated rings. The van der Waals surface area contributed by atoms with Crippen LogP contribution in [0.25, 0.3) is 0 Å². The smallest absolute Gasteiger partial charge is 0.226 e.